The Bertz CT molecular complexity index is 527. The molecule has 6 nitrogen and oxygen atoms in total. The fourth-order valence-corrected chi connectivity index (χ4v) is 1.18. The number of rotatable bonds is 3. The normalized spacial score (nSPS) is 9.00. The number of hydrogen-bond acceptors (Lipinski definition) is 5. The maximum absolute atomic E-state index is 11.0. The van der Waals surface area contributed by atoms with Gasteiger partial charge in [-0.25, -0.2) is 4.79 Å². The van der Waals surface area contributed by atoms with Crippen LogP contribution in [0, 0.1) is 22.0 Å². The van der Waals surface area contributed by atoms with Crippen molar-refractivity contribution in [3.05, 3.63) is 33.9 Å². The topological polar surface area (TPSA) is 78.7 Å². The molecule has 1 rings (SSSR count). The first kappa shape index (κ1) is 13.5. The Morgan fingerprint density at radius 1 is 1.50 bits per heavy atom. The van der Waals surface area contributed by atoms with Crippen molar-refractivity contribution in [3.63, 3.8) is 0 Å². The van der Waals surface area contributed by atoms with E-state index < -0.39 is 10.9 Å². The number of non-ortho nitro benzene ring substituents is 1. The Kier molecular flexibility index (Phi) is 4.69. The molecule has 0 aliphatic rings. The Labute approximate surface area is 104 Å². The number of esters is 1. The molecule has 0 spiro atoms. The second kappa shape index (κ2) is 6.25. The molecular weight excluding hydrogens is 238 g/mol. The van der Waals surface area contributed by atoms with Gasteiger partial charge < -0.3 is 9.47 Å². The molecular formula is C12H11NO5. The molecule has 0 fully saturated rings. The molecule has 0 aliphatic heterocycles. The van der Waals surface area contributed by atoms with Crippen LogP contribution in [0.4, 0.5) is 5.69 Å². The lowest BCUT2D eigenvalue weighted by molar-refractivity contribution is -0.384. The van der Waals surface area contributed by atoms with Crippen molar-refractivity contribution in [3.8, 4) is 17.6 Å². The Morgan fingerprint density at radius 3 is 2.78 bits per heavy atom. The summed E-state index contributed by atoms with van der Waals surface area (Å²) in [4.78, 5) is 21.1. The fourth-order valence-electron chi connectivity index (χ4n) is 1.18. The third-order valence-electron chi connectivity index (χ3n) is 1.97. The molecule has 0 unspecified atom stereocenters. The van der Waals surface area contributed by atoms with E-state index in [1.54, 1.807) is 6.92 Å². The average molecular weight is 249 g/mol. The summed E-state index contributed by atoms with van der Waals surface area (Å²) in [6.07, 6.45) is 0. The monoisotopic (exact) mass is 249 g/mol. The third kappa shape index (κ3) is 3.49. The van der Waals surface area contributed by atoms with Gasteiger partial charge in [-0.3, -0.25) is 10.1 Å². The van der Waals surface area contributed by atoms with Gasteiger partial charge in [-0.05, 0) is 13.0 Å². The summed E-state index contributed by atoms with van der Waals surface area (Å²) in [5.74, 6) is 4.39. The molecule has 0 amide bonds. The number of nitro benzene ring substituents is 1. The molecule has 1 aromatic carbocycles. The predicted molar refractivity (Wildman–Crippen MR) is 63.2 cm³/mol. The average Bonchev–Trinajstić information content (AvgIpc) is 2.36. The number of carbonyl (C=O) groups excluding carboxylic acids is 1. The van der Waals surface area contributed by atoms with Crippen LogP contribution < -0.4 is 4.74 Å². The quantitative estimate of drug-likeness (QED) is 0.351. The van der Waals surface area contributed by atoms with Gasteiger partial charge >= 0.3 is 5.97 Å². The van der Waals surface area contributed by atoms with Gasteiger partial charge in [0.05, 0.1) is 30.3 Å². The van der Waals surface area contributed by atoms with Crippen molar-refractivity contribution >= 4 is 11.7 Å². The van der Waals surface area contributed by atoms with Crippen LogP contribution in [0.5, 0.6) is 5.75 Å². The number of methoxy groups -OCH3 is 1. The van der Waals surface area contributed by atoms with Crippen molar-refractivity contribution in [2.75, 3.05) is 13.7 Å². The van der Waals surface area contributed by atoms with Crippen molar-refractivity contribution < 1.29 is 19.2 Å². The number of nitro groups is 1. The smallest absolute Gasteiger partial charge is 0.384 e. The van der Waals surface area contributed by atoms with Crippen molar-refractivity contribution in [1.82, 2.24) is 0 Å². The van der Waals surface area contributed by atoms with Gasteiger partial charge in [-0.2, -0.15) is 0 Å². The van der Waals surface area contributed by atoms with E-state index in [4.69, 9.17) is 4.74 Å². The molecule has 6 heteroatoms. The molecule has 0 aliphatic carbocycles. The summed E-state index contributed by atoms with van der Waals surface area (Å²) in [6.45, 7) is 1.91. The molecule has 18 heavy (non-hydrogen) atoms. The molecule has 0 N–H and O–H groups in total. The number of carbonyl (C=O) groups is 1. The lowest BCUT2D eigenvalue weighted by atomic mass is 10.2. The number of benzene rings is 1. The summed E-state index contributed by atoms with van der Waals surface area (Å²) >= 11 is 0. The largest absolute Gasteiger partial charge is 0.495 e. The van der Waals surface area contributed by atoms with E-state index in [9.17, 15) is 14.9 Å². The van der Waals surface area contributed by atoms with Crippen molar-refractivity contribution in [1.29, 1.82) is 0 Å². The summed E-state index contributed by atoms with van der Waals surface area (Å²) in [5.41, 5.74) is 0.282. The van der Waals surface area contributed by atoms with Gasteiger partial charge in [0.1, 0.15) is 5.75 Å². The minimum Gasteiger partial charge on any atom is -0.495 e. The number of hydrogen-bond donors (Lipinski definition) is 0. The van der Waals surface area contributed by atoms with Crippen LogP contribution >= 0.6 is 0 Å². The van der Waals surface area contributed by atoms with Crippen LogP contribution in [0.1, 0.15) is 12.5 Å². The standard InChI is InChI=1S/C12H11NO5/c1-3-18-12(14)7-5-9-4-6-10(13(15)16)8-11(9)17-2/h4,6,8H,3H2,1-2H3. The first-order valence-corrected chi connectivity index (χ1v) is 5.09. The van der Waals surface area contributed by atoms with E-state index >= 15 is 0 Å². The summed E-state index contributed by atoms with van der Waals surface area (Å²) in [6, 6.07) is 3.95. The maximum atomic E-state index is 11.0. The third-order valence-corrected chi connectivity index (χ3v) is 1.97. The van der Waals surface area contributed by atoms with E-state index in [-0.39, 0.29) is 18.0 Å². The van der Waals surface area contributed by atoms with Gasteiger partial charge in [0, 0.05) is 12.0 Å². The summed E-state index contributed by atoms with van der Waals surface area (Å²) in [7, 11) is 1.37. The zero-order valence-corrected chi connectivity index (χ0v) is 9.93. The van der Waals surface area contributed by atoms with Gasteiger partial charge in [-0.1, -0.05) is 5.92 Å². The van der Waals surface area contributed by atoms with Gasteiger partial charge in [0.15, 0.2) is 0 Å². The highest BCUT2D eigenvalue weighted by atomic mass is 16.6. The molecule has 0 radical (unpaired) electrons. The molecule has 0 aromatic heterocycles. The second-order valence-corrected chi connectivity index (χ2v) is 3.11. The fraction of sp³-hybridized carbons (Fsp3) is 0.250. The first-order chi connectivity index (χ1) is 8.58. The number of ether oxygens (including phenoxy) is 2. The minimum absolute atomic E-state index is 0.103. The highest BCUT2D eigenvalue weighted by Gasteiger charge is 2.10. The van der Waals surface area contributed by atoms with E-state index in [0.29, 0.717) is 5.56 Å². The van der Waals surface area contributed by atoms with Gasteiger partial charge in [0.2, 0.25) is 0 Å². The maximum Gasteiger partial charge on any atom is 0.384 e. The zero-order chi connectivity index (χ0) is 13.5. The molecule has 0 heterocycles. The van der Waals surface area contributed by atoms with Crippen molar-refractivity contribution in [2.45, 2.75) is 6.92 Å². The van der Waals surface area contributed by atoms with Crippen LogP contribution in [-0.4, -0.2) is 24.6 Å². The van der Waals surface area contributed by atoms with Crippen LogP contribution in [0.2, 0.25) is 0 Å². The van der Waals surface area contributed by atoms with E-state index in [2.05, 4.69) is 16.6 Å². The van der Waals surface area contributed by atoms with Crippen molar-refractivity contribution in [2.24, 2.45) is 0 Å². The molecule has 0 bridgehead atoms. The van der Waals surface area contributed by atoms with E-state index in [0.717, 1.165) is 0 Å². The van der Waals surface area contributed by atoms with Gasteiger partial charge in [-0.15, -0.1) is 0 Å². The first-order valence-electron chi connectivity index (χ1n) is 5.09. The van der Waals surface area contributed by atoms with E-state index in [1.165, 1.54) is 25.3 Å². The van der Waals surface area contributed by atoms with E-state index in [1.807, 2.05) is 0 Å². The van der Waals surface area contributed by atoms with Gasteiger partial charge in [0.25, 0.3) is 5.69 Å². The Balaban J connectivity index is 3.03. The molecule has 0 saturated carbocycles. The van der Waals surface area contributed by atoms with Crippen LogP contribution in [0.25, 0.3) is 0 Å². The molecule has 94 valence electrons. The number of nitrogens with zero attached hydrogens (tertiary/aromatic N) is 1. The second-order valence-electron chi connectivity index (χ2n) is 3.11. The summed E-state index contributed by atoms with van der Waals surface area (Å²) in [5, 5.41) is 10.6. The SMILES string of the molecule is CCOC(=O)C#Cc1ccc([N+](=O)[O-])cc1OC. The lowest BCUT2D eigenvalue weighted by Gasteiger charge is -2.02. The minimum atomic E-state index is -0.655. The molecule has 0 saturated heterocycles. The lowest BCUT2D eigenvalue weighted by Crippen LogP contribution is -2.00. The highest BCUT2D eigenvalue weighted by molar-refractivity contribution is 5.89. The van der Waals surface area contributed by atoms with Crippen LogP contribution in [0.3, 0.4) is 0 Å². The molecule has 0 atom stereocenters. The zero-order valence-electron chi connectivity index (χ0n) is 9.93. The summed E-state index contributed by atoms with van der Waals surface area (Å²) < 4.78 is 9.61. The van der Waals surface area contributed by atoms with Crippen LogP contribution in [-0.2, 0) is 9.53 Å². The predicted octanol–water partition coefficient (Wildman–Crippen LogP) is 1.52. The molecule has 1 aromatic rings. The Morgan fingerprint density at radius 2 is 2.22 bits per heavy atom. The Hall–Kier alpha value is -2.55. The highest BCUT2D eigenvalue weighted by Crippen LogP contribution is 2.23. The van der Waals surface area contributed by atoms with Crippen LogP contribution in [0.15, 0.2) is 18.2 Å².